The van der Waals surface area contributed by atoms with Gasteiger partial charge >= 0.3 is 0 Å². The molecule has 0 amide bonds. The van der Waals surface area contributed by atoms with E-state index in [0.29, 0.717) is 17.0 Å². The summed E-state index contributed by atoms with van der Waals surface area (Å²) in [5.74, 6) is 0.515. The van der Waals surface area contributed by atoms with Gasteiger partial charge in [-0.3, -0.25) is 4.98 Å². The average Bonchev–Trinajstić information content (AvgIpc) is 3.44. The molecule has 2 aromatic heterocycles. The van der Waals surface area contributed by atoms with Crippen LogP contribution in [0.1, 0.15) is 31.9 Å². The summed E-state index contributed by atoms with van der Waals surface area (Å²) >= 11 is 0. The molecule has 0 fully saturated rings. The number of hydrogen-bond donors (Lipinski definition) is 1. The normalized spacial score (nSPS) is 11.5. The summed E-state index contributed by atoms with van der Waals surface area (Å²) in [6.45, 7) is 8.80. The third kappa shape index (κ3) is 5.47. The monoisotopic (exact) mass is 754 g/mol. The fourth-order valence-electron chi connectivity index (χ4n) is 5.67. The zero-order valence-electron chi connectivity index (χ0n) is 25.0. The molecule has 220 valence electrons. The van der Waals surface area contributed by atoms with E-state index in [1.807, 2.05) is 36.5 Å². The molecule has 7 rings (SSSR count). The van der Waals surface area contributed by atoms with E-state index in [-0.39, 0.29) is 32.2 Å². The number of benzene rings is 5. The summed E-state index contributed by atoms with van der Waals surface area (Å²) in [5.41, 5.74) is 11.5. The van der Waals surface area contributed by atoms with Crippen LogP contribution in [-0.4, -0.2) is 15.1 Å². The minimum atomic E-state index is 0. The molecule has 4 nitrogen and oxygen atoms in total. The van der Waals surface area contributed by atoms with Gasteiger partial charge in [-0.05, 0) is 57.8 Å². The number of rotatable bonds is 4. The van der Waals surface area contributed by atoms with Gasteiger partial charge in [-0.2, -0.15) is 0 Å². The molecular formula is C39H31N2O2Pt-. The van der Waals surface area contributed by atoms with Gasteiger partial charge in [0.2, 0.25) is 5.89 Å². The fourth-order valence-corrected chi connectivity index (χ4v) is 5.67. The topological polar surface area (TPSA) is 59.2 Å². The van der Waals surface area contributed by atoms with Crippen LogP contribution in [0, 0.1) is 13.0 Å². The molecule has 1 N–H and O–H groups in total. The van der Waals surface area contributed by atoms with Crippen LogP contribution < -0.4 is 0 Å². The van der Waals surface area contributed by atoms with Crippen molar-refractivity contribution in [1.29, 1.82) is 0 Å². The first-order valence-electron chi connectivity index (χ1n) is 14.5. The number of aromatic nitrogens is 2. The quantitative estimate of drug-likeness (QED) is 0.182. The molecule has 0 radical (unpaired) electrons. The van der Waals surface area contributed by atoms with Gasteiger partial charge in [0.15, 0.2) is 0 Å². The fraction of sp³-hybridized carbons (Fsp3) is 0.128. The van der Waals surface area contributed by atoms with Gasteiger partial charge in [0, 0.05) is 32.8 Å². The first-order valence-corrected chi connectivity index (χ1v) is 14.5. The number of para-hydroxylation sites is 2. The summed E-state index contributed by atoms with van der Waals surface area (Å²) in [7, 11) is 0. The molecule has 0 atom stereocenters. The van der Waals surface area contributed by atoms with Gasteiger partial charge in [0.1, 0.15) is 11.3 Å². The zero-order valence-corrected chi connectivity index (χ0v) is 27.2. The first-order chi connectivity index (χ1) is 20.7. The second kappa shape index (κ2) is 11.5. The molecule has 5 heteroatoms. The van der Waals surface area contributed by atoms with Gasteiger partial charge in [-0.25, -0.2) is 4.98 Å². The van der Waals surface area contributed by atoms with Crippen molar-refractivity contribution >= 4 is 22.0 Å². The van der Waals surface area contributed by atoms with E-state index in [4.69, 9.17) is 14.4 Å². The molecule has 5 aromatic carbocycles. The average molecular weight is 755 g/mol. The molecule has 0 spiro atoms. The molecule has 0 aliphatic rings. The molecule has 0 saturated carbocycles. The van der Waals surface area contributed by atoms with Crippen LogP contribution in [0.2, 0.25) is 0 Å². The Labute approximate surface area is 271 Å². The second-order valence-electron chi connectivity index (χ2n) is 12.1. The number of aromatic hydroxyl groups is 1. The molecule has 7 aromatic rings. The third-order valence-electron chi connectivity index (χ3n) is 7.94. The smallest absolute Gasteiger partial charge is 0.230 e. The second-order valence-corrected chi connectivity index (χ2v) is 12.1. The minimum Gasteiger partial charge on any atom is -0.507 e. The van der Waals surface area contributed by atoms with Crippen LogP contribution in [0.4, 0.5) is 0 Å². The molecule has 0 bridgehead atoms. The van der Waals surface area contributed by atoms with Crippen molar-refractivity contribution in [2.75, 3.05) is 0 Å². The van der Waals surface area contributed by atoms with Crippen molar-refractivity contribution in [1.82, 2.24) is 9.97 Å². The van der Waals surface area contributed by atoms with Crippen LogP contribution in [0.15, 0.2) is 114 Å². The van der Waals surface area contributed by atoms with Crippen molar-refractivity contribution < 1.29 is 30.6 Å². The summed E-state index contributed by atoms with van der Waals surface area (Å²) in [5, 5.41) is 11.5. The molecule has 0 aliphatic carbocycles. The number of oxazole rings is 1. The molecule has 0 saturated heterocycles. The van der Waals surface area contributed by atoms with Crippen molar-refractivity contribution in [3.05, 3.63) is 127 Å². The van der Waals surface area contributed by atoms with Gasteiger partial charge in [-0.15, -0.1) is 34.9 Å². The van der Waals surface area contributed by atoms with Gasteiger partial charge < -0.3 is 9.52 Å². The van der Waals surface area contributed by atoms with Crippen LogP contribution >= 0.6 is 0 Å². The molecule has 2 heterocycles. The summed E-state index contributed by atoms with van der Waals surface area (Å²) < 4.78 is 6.10. The van der Waals surface area contributed by atoms with Crippen LogP contribution in [-0.2, 0) is 26.5 Å². The Balaban J connectivity index is 0.00000343. The molecular weight excluding hydrogens is 724 g/mol. The molecule has 0 aliphatic heterocycles. The number of fused-ring (bicyclic) bond motifs is 2. The summed E-state index contributed by atoms with van der Waals surface area (Å²) in [6, 6.07) is 38.4. The minimum absolute atomic E-state index is 0. The number of phenols is 1. The van der Waals surface area contributed by atoms with E-state index >= 15 is 0 Å². The predicted octanol–water partition coefficient (Wildman–Crippen LogP) is 10.2. The van der Waals surface area contributed by atoms with Gasteiger partial charge in [-0.1, -0.05) is 99.5 Å². The standard InChI is InChI=1S/C39H31N2O2.Pt/c1-24-19-28(31-11-7-13-35-37(31)41-38(43-35)32-10-5-6-12-34(32)42)22-29(20-24)33-23-27(21-26-9-8-18-40-36(26)33)25-14-16-30(17-15-25)39(2,3)4;/h5-21,23,42H,1-4H3;/q-1;. The Kier molecular flexibility index (Phi) is 7.73. The number of nitrogens with zero attached hydrogens (tertiary/aromatic N) is 2. The number of hydrogen-bond acceptors (Lipinski definition) is 4. The summed E-state index contributed by atoms with van der Waals surface area (Å²) in [6.07, 6.45) is 1.84. The first kappa shape index (κ1) is 29.5. The Morgan fingerprint density at radius 3 is 2.18 bits per heavy atom. The van der Waals surface area contributed by atoms with E-state index in [1.165, 1.54) is 5.56 Å². The number of aryl methyl sites for hydroxylation is 1. The Hall–Kier alpha value is -4.53. The Morgan fingerprint density at radius 2 is 1.43 bits per heavy atom. The van der Waals surface area contributed by atoms with Crippen molar-refractivity contribution in [2.24, 2.45) is 0 Å². The number of phenolic OH excluding ortho intramolecular Hbond substituents is 1. The van der Waals surface area contributed by atoms with Gasteiger partial charge in [0.05, 0.1) is 11.1 Å². The van der Waals surface area contributed by atoms with Crippen molar-refractivity contribution in [3.8, 4) is 50.6 Å². The predicted molar refractivity (Wildman–Crippen MR) is 175 cm³/mol. The van der Waals surface area contributed by atoms with Crippen LogP contribution in [0.5, 0.6) is 5.75 Å². The zero-order chi connectivity index (χ0) is 29.7. The Bertz CT molecular complexity index is 2140. The molecule has 0 unspecified atom stereocenters. The maximum absolute atomic E-state index is 10.4. The van der Waals surface area contributed by atoms with Gasteiger partial charge in [0.25, 0.3) is 0 Å². The number of pyridine rings is 1. The maximum atomic E-state index is 10.4. The largest absolute Gasteiger partial charge is 0.507 e. The SMILES string of the molecule is Cc1cc(-c2cc(-c3ccc(C(C)(C)C)cc3)cc3cccnc23)[c-]c(-c2cccc3oc(-c4ccccc4O)nc23)c1.[Pt]. The third-order valence-corrected chi connectivity index (χ3v) is 7.94. The molecule has 44 heavy (non-hydrogen) atoms. The van der Waals surface area contributed by atoms with Crippen LogP contribution in [0.25, 0.3) is 66.8 Å². The van der Waals surface area contributed by atoms with E-state index in [2.05, 4.69) is 88.4 Å². The Morgan fingerprint density at radius 1 is 0.705 bits per heavy atom. The van der Waals surface area contributed by atoms with E-state index in [0.717, 1.165) is 55.4 Å². The maximum Gasteiger partial charge on any atom is 0.230 e. The van der Waals surface area contributed by atoms with Crippen molar-refractivity contribution in [2.45, 2.75) is 33.1 Å². The summed E-state index contributed by atoms with van der Waals surface area (Å²) in [4.78, 5) is 9.62. The van der Waals surface area contributed by atoms with E-state index in [1.54, 1.807) is 18.2 Å². The van der Waals surface area contributed by atoms with Crippen molar-refractivity contribution in [3.63, 3.8) is 0 Å². The van der Waals surface area contributed by atoms with E-state index in [9.17, 15) is 5.11 Å². The van der Waals surface area contributed by atoms with E-state index < -0.39 is 0 Å². The van der Waals surface area contributed by atoms with Crippen LogP contribution in [0.3, 0.4) is 0 Å².